The molecule has 0 saturated carbocycles. The highest BCUT2D eigenvalue weighted by molar-refractivity contribution is 6.50. The van der Waals surface area contributed by atoms with E-state index in [-0.39, 0.29) is 24.6 Å². The van der Waals surface area contributed by atoms with E-state index >= 15 is 0 Å². The van der Waals surface area contributed by atoms with Crippen LogP contribution in [-0.2, 0) is 9.53 Å². The smallest absolute Gasteiger partial charge is 0.410 e. The third-order valence-electron chi connectivity index (χ3n) is 4.72. The molecule has 0 bridgehead atoms. The molecule has 28 heavy (non-hydrogen) atoms. The fourth-order valence-corrected chi connectivity index (χ4v) is 3.39. The lowest BCUT2D eigenvalue weighted by atomic mass is 10.1. The Kier molecular flexibility index (Phi) is 4.29. The van der Waals surface area contributed by atoms with Crippen molar-refractivity contribution in [2.45, 2.75) is 32.4 Å². The Labute approximate surface area is 167 Å². The Hall–Kier alpha value is -2.68. The summed E-state index contributed by atoms with van der Waals surface area (Å²) in [5.41, 5.74) is 0.813. The van der Waals surface area contributed by atoms with Gasteiger partial charge in [-0.05, 0) is 20.8 Å². The Morgan fingerprint density at radius 1 is 1.29 bits per heavy atom. The number of likely N-dealkylation sites (tertiary alicyclic amines) is 1. The number of amides is 2. The van der Waals surface area contributed by atoms with E-state index in [1.54, 1.807) is 29.1 Å². The minimum absolute atomic E-state index is 0.00607. The first-order valence-electron chi connectivity index (χ1n) is 8.97. The van der Waals surface area contributed by atoms with Crippen LogP contribution in [-0.4, -0.2) is 76.8 Å². The molecule has 10 heteroatoms. The first-order chi connectivity index (χ1) is 13.1. The molecule has 0 unspecified atom stereocenters. The maximum atomic E-state index is 12.3. The number of amidine groups is 2. The number of fused-ring (bicyclic) bond motifs is 3. The fourth-order valence-electron chi connectivity index (χ4n) is 3.24. The number of carbonyl (C=O) groups is 2. The lowest BCUT2D eigenvalue weighted by Gasteiger charge is -2.46. The number of nitrogens with zero attached hydrogens (tertiary/aromatic N) is 6. The fraction of sp³-hybridized carbons (Fsp3) is 0.500. The molecule has 3 aliphatic rings. The second-order valence-corrected chi connectivity index (χ2v) is 8.38. The molecule has 4 heterocycles. The van der Waals surface area contributed by atoms with Gasteiger partial charge in [0.05, 0.1) is 17.9 Å². The standard InChI is InChI=1S/C18H21ClN6O3/c1-18(2,3)28-17(27)23(4)10-7-24(8-10)15-16-22-14(26)9-25(16)12-5-13(19)20-6-11(12)21-15/h5-6,10H,7-9H2,1-4H3. The first kappa shape index (κ1) is 18.7. The molecule has 0 spiro atoms. The Balaban J connectivity index is 1.52. The highest BCUT2D eigenvalue weighted by Crippen LogP contribution is 2.37. The topological polar surface area (TPSA) is 90.7 Å². The number of hydrogen-bond acceptors (Lipinski definition) is 7. The summed E-state index contributed by atoms with van der Waals surface area (Å²) in [6, 6.07) is 1.67. The molecule has 0 atom stereocenters. The highest BCUT2D eigenvalue weighted by atomic mass is 35.5. The molecule has 3 aliphatic heterocycles. The average Bonchev–Trinajstić information content (AvgIpc) is 2.94. The molecule has 0 N–H and O–H groups in total. The summed E-state index contributed by atoms with van der Waals surface area (Å²) >= 11 is 6.00. The van der Waals surface area contributed by atoms with Crippen LogP contribution in [0.4, 0.5) is 16.2 Å². The van der Waals surface area contributed by atoms with E-state index < -0.39 is 5.60 Å². The highest BCUT2D eigenvalue weighted by Gasteiger charge is 2.42. The van der Waals surface area contributed by atoms with Crippen LogP contribution in [0.15, 0.2) is 22.2 Å². The number of anilines is 1. The zero-order valence-electron chi connectivity index (χ0n) is 16.1. The van der Waals surface area contributed by atoms with Gasteiger partial charge in [0.1, 0.15) is 23.0 Å². The van der Waals surface area contributed by atoms with Crippen LogP contribution in [0.5, 0.6) is 0 Å². The number of carbonyl (C=O) groups excluding carboxylic acids is 2. The predicted molar refractivity (Wildman–Crippen MR) is 105 cm³/mol. The van der Waals surface area contributed by atoms with E-state index in [0.717, 1.165) is 5.69 Å². The molecule has 148 valence electrons. The monoisotopic (exact) mass is 404 g/mol. The second kappa shape index (κ2) is 6.44. The van der Waals surface area contributed by atoms with E-state index in [2.05, 4.69) is 15.0 Å². The molecule has 1 aromatic rings. The van der Waals surface area contributed by atoms with Crippen molar-refractivity contribution in [3.05, 3.63) is 17.4 Å². The third kappa shape index (κ3) is 3.30. The molecule has 4 rings (SSSR count). The van der Waals surface area contributed by atoms with Crippen molar-refractivity contribution in [1.29, 1.82) is 0 Å². The number of ether oxygens (including phenoxy) is 1. The van der Waals surface area contributed by atoms with Crippen molar-refractivity contribution >= 4 is 46.6 Å². The molecule has 9 nitrogen and oxygen atoms in total. The summed E-state index contributed by atoms with van der Waals surface area (Å²) in [7, 11) is 1.73. The van der Waals surface area contributed by atoms with Crippen molar-refractivity contribution in [3.8, 4) is 0 Å². The Morgan fingerprint density at radius 2 is 2.00 bits per heavy atom. The lowest BCUT2D eigenvalue weighted by Crippen LogP contribution is -2.64. The van der Waals surface area contributed by atoms with Crippen LogP contribution >= 0.6 is 11.6 Å². The number of aromatic nitrogens is 1. The summed E-state index contributed by atoms with van der Waals surface area (Å²) in [6.45, 7) is 6.81. The molecular weight excluding hydrogens is 384 g/mol. The number of halogens is 1. The van der Waals surface area contributed by atoms with Gasteiger partial charge in [-0.2, -0.15) is 4.99 Å². The minimum Gasteiger partial charge on any atom is -0.444 e. The molecule has 0 aromatic carbocycles. The normalized spacial score (nSPS) is 18.8. The van der Waals surface area contributed by atoms with Gasteiger partial charge in [-0.25, -0.2) is 14.8 Å². The largest absolute Gasteiger partial charge is 0.444 e. The van der Waals surface area contributed by atoms with Crippen LogP contribution in [0.3, 0.4) is 0 Å². The minimum atomic E-state index is -0.542. The van der Waals surface area contributed by atoms with Crippen LogP contribution in [0, 0.1) is 0 Å². The summed E-state index contributed by atoms with van der Waals surface area (Å²) in [6.07, 6.45) is 1.23. The van der Waals surface area contributed by atoms with Gasteiger partial charge in [-0.3, -0.25) is 4.79 Å². The Morgan fingerprint density at radius 3 is 2.68 bits per heavy atom. The zero-order valence-corrected chi connectivity index (χ0v) is 16.9. The van der Waals surface area contributed by atoms with Crippen LogP contribution in [0.25, 0.3) is 0 Å². The van der Waals surface area contributed by atoms with E-state index in [1.807, 2.05) is 25.7 Å². The molecule has 1 aromatic heterocycles. The number of pyridine rings is 1. The van der Waals surface area contributed by atoms with E-state index in [0.29, 0.717) is 35.6 Å². The van der Waals surface area contributed by atoms with Crippen molar-refractivity contribution in [1.82, 2.24) is 14.8 Å². The summed E-state index contributed by atoms with van der Waals surface area (Å²) in [5.74, 6) is 0.890. The Bertz CT molecular complexity index is 916. The van der Waals surface area contributed by atoms with Gasteiger partial charge in [-0.1, -0.05) is 11.6 Å². The van der Waals surface area contributed by atoms with Crippen LogP contribution in [0.2, 0.25) is 5.15 Å². The summed E-state index contributed by atoms with van der Waals surface area (Å²) < 4.78 is 5.42. The van der Waals surface area contributed by atoms with Crippen molar-refractivity contribution in [2.75, 3.05) is 31.6 Å². The van der Waals surface area contributed by atoms with E-state index in [4.69, 9.17) is 16.3 Å². The molecule has 0 aliphatic carbocycles. The van der Waals surface area contributed by atoms with Gasteiger partial charge in [0.15, 0.2) is 11.7 Å². The van der Waals surface area contributed by atoms with E-state index in [1.165, 1.54) is 0 Å². The molecule has 0 radical (unpaired) electrons. The summed E-state index contributed by atoms with van der Waals surface area (Å²) in [4.78, 5) is 42.5. The average molecular weight is 405 g/mol. The maximum Gasteiger partial charge on any atom is 0.410 e. The van der Waals surface area contributed by atoms with Gasteiger partial charge < -0.3 is 19.4 Å². The first-order valence-corrected chi connectivity index (χ1v) is 9.34. The van der Waals surface area contributed by atoms with Gasteiger partial charge >= 0.3 is 6.09 Å². The summed E-state index contributed by atoms with van der Waals surface area (Å²) in [5, 5.41) is 0.332. The lowest BCUT2D eigenvalue weighted by molar-refractivity contribution is -0.115. The molecule has 1 saturated heterocycles. The maximum absolute atomic E-state index is 12.3. The second-order valence-electron chi connectivity index (χ2n) is 8.00. The van der Waals surface area contributed by atoms with Gasteiger partial charge in [0.2, 0.25) is 0 Å². The number of rotatable bonds is 1. The quantitative estimate of drug-likeness (QED) is 0.665. The van der Waals surface area contributed by atoms with Gasteiger partial charge in [-0.15, -0.1) is 0 Å². The predicted octanol–water partition coefficient (Wildman–Crippen LogP) is 2.07. The number of aliphatic imine (C=N–C) groups is 2. The van der Waals surface area contributed by atoms with Crippen molar-refractivity contribution in [2.24, 2.45) is 9.98 Å². The van der Waals surface area contributed by atoms with E-state index in [9.17, 15) is 9.59 Å². The third-order valence-corrected chi connectivity index (χ3v) is 4.92. The SMILES string of the molecule is CN(C(=O)OC(C)(C)C)C1CN(C2=Nc3cnc(Cl)cc3N3CC(=O)N=C23)C1. The van der Waals surface area contributed by atoms with Crippen molar-refractivity contribution < 1.29 is 14.3 Å². The number of likely N-dealkylation sites (N-methyl/N-ethyl adjacent to an activating group) is 1. The zero-order chi connectivity index (χ0) is 20.2. The molecular formula is C18H21ClN6O3. The van der Waals surface area contributed by atoms with Crippen LogP contribution < -0.4 is 4.90 Å². The van der Waals surface area contributed by atoms with Gasteiger partial charge in [0.25, 0.3) is 5.91 Å². The molecule has 2 amide bonds. The van der Waals surface area contributed by atoms with Crippen LogP contribution in [0.1, 0.15) is 20.8 Å². The molecule has 1 fully saturated rings. The number of hydrogen-bond donors (Lipinski definition) is 0. The van der Waals surface area contributed by atoms with Crippen molar-refractivity contribution in [3.63, 3.8) is 0 Å². The van der Waals surface area contributed by atoms with Gasteiger partial charge in [0, 0.05) is 26.2 Å².